The van der Waals surface area contributed by atoms with Crippen LogP contribution >= 0.6 is 11.6 Å². The quantitative estimate of drug-likeness (QED) is 0.592. The first-order chi connectivity index (χ1) is 14.8. The van der Waals surface area contributed by atoms with E-state index in [1.165, 1.54) is 6.07 Å². The van der Waals surface area contributed by atoms with Crippen molar-refractivity contribution in [2.24, 2.45) is 12.0 Å². The molecule has 2 aromatic carbocycles. The van der Waals surface area contributed by atoms with Crippen molar-refractivity contribution in [3.8, 4) is 0 Å². The van der Waals surface area contributed by atoms with Gasteiger partial charge >= 0.3 is 0 Å². The SMILES string of the molecule is Cn1ccnc1C(NC(=O)CCN=C1NS(=O)(=O)c2ccccc21)c1ccc(Cl)cc1. The Morgan fingerprint density at radius 3 is 2.68 bits per heavy atom. The van der Waals surface area contributed by atoms with E-state index in [-0.39, 0.29) is 29.6 Å². The number of nitrogens with one attached hydrogen (secondary N) is 2. The molecule has 1 aliphatic rings. The van der Waals surface area contributed by atoms with Gasteiger partial charge in [0.05, 0.1) is 11.4 Å². The molecule has 1 amide bonds. The molecule has 0 radical (unpaired) electrons. The lowest BCUT2D eigenvalue weighted by molar-refractivity contribution is -0.121. The highest BCUT2D eigenvalue weighted by Crippen LogP contribution is 2.23. The molecule has 0 aliphatic carbocycles. The average Bonchev–Trinajstić information content (AvgIpc) is 3.28. The van der Waals surface area contributed by atoms with Crippen LogP contribution in [0.1, 0.15) is 29.4 Å². The minimum Gasteiger partial charge on any atom is -0.342 e. The Bertz CT molecular complexity index is 1250. The van der Waals surface area contributed by atoms with E-state index < -0.39 is 16.1 Å². The number of carbonyl (C=O) groups is 1. The van der Waals surface area contributed by atoms with Gasteiger partial charge < -0.3 is 9.88 Å². The molecule has 1 aliphatic heterocycles. The fourth-order valence-electron chi connectivity index (χ4n) is 3.36. The number of fused-ring (bicyclic) bond motifs is 1. The number of aliphatic imine (C=N–C) groups is 1. The number of hydrogen-bond donors (Lipinski definition) is 2. The van der Waals surface area contributed by atoms with Crippen LogP contribution < -0.4 is 10.0 Å². The maximum Gasteiger partial charge on any atom is 0.263 e. The third kappa shape index (κ3) is 4.47. The Hall–Kier alpha value is -3.17. The fraction of sp³-hybridized carbons (Fsp3) is 0.190. The molecular formula is C21H20ClN5O3S. The van der Waals surface area contributed by atoms with Gasteiger partial charge in [0.1, 0.15) is 17.7 Å². The van der Waals surface area contributed by atoms with Crippen LogP contribution in [0.3, 0.4) is 0 Å². The number of nitrogens with zero attached hydrogens (tertiary/aromatic N) is 3. The van der Waals surface area contributed by atoms with Gasteiger partial charge in [-0.15, -0.1) is 0 Å². The van der Waals surface area contributed by atoms with Crippen LogP contribution in [-0.2, 0) is 21.9 Å². The first-order valence-electron chi connectivity index (χ1n) is 9.54. The highest BCUT2D eigenvalue weighted by atomic mass is 35.5. The van der Waals surface area contributed by atoms with Crippen molar-refractivity contribution >= 4 is 33.4 Å². The highest BCUT2D eigenvalue weighted by molar-refractivity contribution is 7.90. The van der Waals surface area contributed by atoms with Gasteiger partial charge in [-0.05, 0) is 29.8 Å². The lowest BCUT2D eigenvalue weighted by Crippen LogP contribution is -2.31. The Morgan fingerprint density at radius 1 is 1.23 bits per heavy atom. The first kappa shape index (κ1) is 21.1. The number of sulfonamides is 1. The van der Waals surface area contributed by atoms with Crippen LogP contribution in [0.4, 0.5) is 0 Å². The molecule has 31 heavy (non-hydrogen) atoms. The number of amidine groups is 1. The summed E-state index contributed by atoms with van der Waals surface area (Å²) in [7, 11) is -1.75. The molecule has 3 aromatic rings. The number of aryl methyl sites for hydroxylation is 1. The zero-order valence-electron chi connectivity index (χ0n) is 16.6. The van der Waals surface area contributed by atoms with Gasteiger partial charge in [0, 0.05) is 36.4 Å². The van der Waals surface area contributed by atoms with Crippen LogP contribution in [-0.4, -0.2) is 36.3 Å². The molecule has 1 atom stereocenters. The molecule has 8 nitrogen and oxygen atoms in total. The van der Waals surface area contributed by atoms with E-state index in [2.05, 4.69) is 20.0 Å². The van der Waals surface area contributed by atoms with E-state index >= 15 is 0 Å². The monoisotopic (exact) mass is 457 g/mol. The van der Waals surface area contributed by atoms with Crippen molar-refractivity contribution < 1.29 is 13.2 Å². The number of aromatic nitrogens is 2. The summed E-state index contributed by atoms with van der Waals surface area (Å²) < 4.78 is 28.6. The molecule has 0 saturated heterocycles. The molecule has 0 spiro atoms. The van der Waals surface area contributed by atoms with Crippen molar-refractivity contribution in [2.45, 2.75) is 17.4 Å². The maximum atomic E-state index is 12.7. The lowest BCUT2D eigenvalue weighted by Gasteiger charge is -2.19. The van der Waals surface area contributed by atoms with Crippen molar-refractivity contribution in [3.63, 3.8) is 0 Å². The number of rotatable bonds is 6. The summed E-state index contributed by atoms with van der Waals surface area (Å²) in [5, 5.41) is 3.58. The van der Waals surface area contributed by atoms with E-state index in [4.69, 9.17) is 11.6 Å². The van der Waals surface area contributed by atoms with Gasteiger partial charge in [-0.3, -0.25) is 14.5 Å². The third-order valence-corrected chi connectivity index (χ3v) is 6.55. The van der Waals surface area contributed by atoms with Gasteiger partial charge in [0.2, 0.25) is 5.91 Å². The minimum absolute atomic E-state index is 0.0852. The van der Waals surface area contributed by atoms with Gasteiger partial charge in [-0.2, -0.15) is 0 Å². The van der Waals surface area contributed by atoms with Gasteiger partial charge in [-0.1, -0.05) is 35.9 Å². The highest BCUT2D eigenvalue weighted by Gasteiger charge is 2.30. The van der Waals surface area contributed by atoms with E-state index in [1.807, 2.05) is 23.7 Å². The van der Waals surface area contributed by atoms with E-state index in [1.54, 1.807) is 42.7 Å². The molecule has 0 fully saturated rings. The van der Waals surface area contributed by atoms with E-state index in [9.17, 15) is 13.2 Å². The second-order valence-corrected chi connectivity index (χ2v) is 9.12. The zero-order valence-corrected chi connectivity index (χ0v) is 18.2. The standard InChI is InChI=1S/C21H20ClN5O3S/c1-27-13-12-24-21(27)19(14-6-8-15(22)9-7-14)25-18(28)10-11-23-20-16-4-2-3-5-17(16)31(29,30)26-20/h2-9,12-13,19H,10-11H2,1H3,(H,23,26)(H,25,28). The summed E-state index contributed by atoms with van der Waals surface area (Å²) >= 11 is 5.99. The molecule has 10 heteroatoms. The number of amides is 1. The molecule has 0 bridgehead atoms. The van der Waals surface area contributed by atoms with Crippen molar-refractivity contribution in [1.29, 1.82) is 0 Å². The molecule has 1 unspecified atom stereocenters. The number of benzene rings is 2. The van der Waals surface area contributed by atoms with Gasteiger partial charge in [0.25, 0.3) is 10.0 Å². The smallest absolute Gasteiger partial charge is 0.263 e. The zero-order chi connectivity index (χ0) is 22.0. The molecule has 2 N–H and O–H groups in total. The molecule has 0 saturated carbocycles. The number of halogens is 1. The predicted molar refractivity (Wildman–Crippen MR) is 117 cm³/mol. The lowest BCUT2D eigenvalue weighted by atomic mass is 10.1. The largest absolute Gasteiger partial charge is 0.342 e. The molecule has 160 valence electrons. The first-order valence-corrected chi connectivity index (χ1v) is 11.4. The van der Waals surface area contributed by atoms with Crippen molar-refractivity contribution in [1.82, 2.24) is 19.6 Å². The third-order valence-electron chi connectivity index (χ3n) is 4.90. The molecule has 1 aromatic heterocycles. The van der Waals surface area contributed by atoms with E-state index in [0.717, 1.165) is 5.56 Å². The Kier molecular flexibility index (Phi) is 5.79. The number of hydrogen-bond acceptors (Lipinski definition) is 5. The topological polar surface area (TPSA) is 105 Å². The number of imidazole rings is 1. The summed E-state index contributed by atoms with van der Waals surface area (Å²) in [6.07, 6.45) is 3.56. The summed E-state index contributed by atoms with van der Waals surface area (Å²) in [4.78, 5) is 21.5. The second-order valence-electron chi connectivity index (χ2n) is 7.03. The van der Waals surface area contributed by atoms with Crippen LogP contribution in [0, 0.1) is 0 Å². The van der Waals surface area contributed by atoms with Crippen LogP contribution in [0.5, 0.6) is 0 Å². The Morgan fingerprint density at radius 2 is 1.97 bits per heavy atom. The second kappa shape index (κ2) is 8.52. The Balaban J connectivity index is 1.47. The maximum absolute atomic E-state index is 12.7. The number of carbonyl (C=O) groups excluding carboxylic acids is 1. The minimum atomic E-state index is -3.60. The van der Waals surface area contributed by atoms with Crippen LogP contribution in [0.2, 0.25) is 5.02 Å². The molecule has 2 heterocycles. The van der Waals surface area contributed by atoms with E-state index in [0.29, 0.717) is 16.4 Å². The van der Waals surface area contributed by atoms with Gasteiger partial charge in [0.15, 0.2) is 0 Å². The molecular weight excluding hydrogens is 438 g/mol. The Labute approximate surface area is 185 Å². The summed E-state index contributed by atoms with van der Waals surface area (Å²) in [5.74, 6) is 0.697. The molecule has 4 rings (SSSR count). The van der Waals surface area contributed by atoms with Crippen molar-refractivity contribution in [3.05, 3.63) is 82.9 Å². The average molecular weight is 458 g/mol. The predicted octanol–water partition coefficient (Wildman–Crippen LogP) is 2.41. The summed E-state index contributed by atoms with van der Waals surface area (Å²) in [6.45, 7) is 0.131. The van der Waals surface area contributed by atoms with Crippen molar-refractivity contribution in [2.75, 3.05) is 6.54 Å². The normalized spacial score (nSPS) is 16.5. The fourth-order valence-corrected chi connectivity index (χ4v) is 4.74. The summed E-state index contributed by atoms with van der Waals surface area (Å²) in [6, 6.07) is 13.3. The summed E-state index contributed by atoms with van der Waals surface area (Å²) in [5.41, 5.74) is 1.35. The van der Waals surface area contributed by atoms with Crippen LogP contribution in [0.25, 0.3) is 0 Å². The van der Waals surface area contributed by atoms with Gasteiger partial charge in [-0.25, -0.2) is 13.4 Å². The van der Waals surface area contributed by atoms with Crippen LogP contribution in [0.15, 0.2) is 70.8 Å².